The SMILES string of the molecule is CC(C)n1ncnc1CC(=O)CCC1CCCC1. The zero-order chi connectivity index (χ0) is 13.0. The number of Topliss-reactive ketones (excluding diaryl/α,β-unsaturated/α-hetero) is 1. The van der Waals surface area contributed by atoms with Crippen LogP contribution in [0, 0.1) is 5.92 Å². The third kappa shape index (κ3) is 3.40. The molecule has 1 heterocycles. The number of hydrogen-bond donors (Lipinski definition) is 0. The summed E-state index contributed by atoms with van der Waals surface area (Å²) in [6.07, 6.45) is 9.07. The summed E-state index contributed by atoms with van der Waals surface area (Å²) in [6.45, 7) is 4.11. The van der Waals surface area contributed by atoms with Crippen LogP contribution < -0.4 is 0 Å². The van der Waals surface area contributed by atoms with E-state index in [1.165, 1.54) is 25.7 Å². The van der Waals surface area contributed by atoms with Crippen molar-refractivity contribution in [1.29, 1.82) is 0 Å². The topological polar surface area (TPSA) is 47.8 Å². The summed E-state index contributed by atoms with van der Waals surface area (Å²) >= 11 is 0. The molecule has 4 nitrogen and oxygen atoms in total. The van der Waals surface area contributed by atoms with Crippen molar-refractivity contribution in [3.8, 4) is 0 Å². The van der Waals surface area contributed by atoms with E-state index in [2.05, 4.69) is 23.9 Å². The van der Waals surface area contributed by atoms with Gasteiger partial charge in [-0.05, 0) is 26.2 Å². The molecule has 18 heavy (non-hydrogen) atoms. The predicted octanol–water partition coefficient (Wildman–Crippen LogP) is 2.94. The summed E-state index contributed by atoms with van der Waals surface area (Å²) in [5, 5.41) is 4.16. The molecule has 0 radical (unpaired) electrons. The quantitative estimate of drug-likeness (QED) is 0.778. The van der Waals surface area contributed by atoms with E-state index in [1.54, 1.807) is 6.33 Å². The largest absolute Gasteiger partial charge is 0.299 e. The Morgan fingerprint density at radius 1 is 1.44 bits per heavy atom. The van der Waals surface area contributed by atoms with Gasteiger partial charge in [0.2, 0.25) is 0 Å². The fourth-order valence-corrected chi connectivity index (χ4v) is 2.76. The van der Waals surface area contributed by atoms with Gasteiger partial charge in [0.1, 0.15) is 17.9 Å². The van der Waals surface area contributed by atoms with Gasteiger partial charge < -0.3 is 0 Å². The van der Waals surface area contributed by atoms with Crippen molar-refractivity contribution in [2.45, 2.75) is 64.8 Å². The molecule has 0 unspecified atom stereocenters. The van der Waals surface area contributed by atoms with Crippen molar-refractivity contribution < 1.29 is 4.79 Å². The van der Waals surface area contributed by atoms with Gasteiger partial charge in [0, 0.05) is 12.5 Å². The van der Waals surface area contributed by atoms with Crippen molar-refractivity contribution >= 4 is 5.78 Å². The highest BCUT2D eigenvalue weighted by atomic mass is 16.1. The van der Waals surface area contributed by atoms with E-state index in [4.69, 9.17) is 0 Å². The molecule has 0 N–H and O–H groups in total. The van der Waals surface area contributed by atoms with Crippen LogP contribution in [0.5, 0.6) is 0 Å². The first-order valence-corrected chi connectivity index (χ1v) is 7.07. The van der Waals surface area contributed by atoms with Crippen LogP contribution in [0.4, 0.5) is 0 Å². The highest BCUT2D eigenvalue weighted by molar-refractivity contribution is 5.80. The molecule has 0 atom stereocenters. The lowest BCUT2D eigenvalue weighted by molar-refractivity contribution is -0.118. The number of rotatable bonds is 6. The third-order valence-electron chi connectivity index (χ3n) is 3.80. The van der Waals surface area contributed by atoms with Gasteiger partial charge in [-0.15, -0.1) is 0 Å². The Balaban J connectivity index is 1.81. The van der Waals surface area contributed by atoms with E-state index in [1.807, 2.05) is 4.68 Å². The molecular weight excluding hydrogens is 226 g/mol. The fraction of sp³-hybridized carbons (Fsp3) is 0.786. The summed E-state index contributed by atoms with van der Waals surface area (Å²) in [7, 11) is 0. The number of carbonyl (C=O) groups excluding carboxylic acids is 1. The average Bonchev–Trinajstić information content (AvgIpc) is 2.96. The average molecular weight is 249 g/mol. The number of hydrogen-bond acceptors (Lipinski definition) is 3. The minimum atomic E-state index is 0.269. The van der Waals surface area contributed by atoms with Crippen molar-refractivity contribution in [2.24, 2.45) is 5.92 Å². The molecule has 4 heteroatoms. The molecule has 1 saturated carbocycles. The van der Waals surface area contributed by atoms with Crippen LogP contribution in [0.2, 0.25) is 0 Å². The standard InChI is InChI=1S/C14H23N3O/c1-11(2)17-14(15-10-16-17)9-13(18)8-7-12-5-3-4-6-12/h10-12H,3-9H2,1-2H3. The van der Waals surface area contributed by atoms with Gasteiger partial charge in [-0.2, -0.15) is 5.10 Å². The summed E-state index contributed by atoms with van der Waals surface area (Å²) in [6, 6.07) is 0.269. The molecule has 0 spiro atoms. The van der Waals surface area contributed by atoms with Gasteiger partial charge in [0.05, 0.1) is 6.42 Å². The maximum absolute atomic E-state index is 12.0. The van der Waals surface area contributed by atoms with Crippen LogP contribution in [-0.4, -0.2) is 20.5 Å². The molecule has 100 valence electrons. The van der Waals surface area contributed by atoms with Crippen LogP contribution in [0.1, 0.15) is 64.2 Å². The molecule has 0 amide bonds. The lowest BCUT2D eigenvalue weighted by atomic mass is 9.99. The predicted molar refractivity (Wildman–Crippen MR) is 70.3 cm³/mol. The summed E-state index contributed by atoms with van der Waals surface area (Å²) in [5.41, 5.74) is 0. The summed E-state index contributed by atoms with van der Waals surface area (Å²) in [5.74, 6) is 1.90. The van der Waals surface area contributed by atoms with E-state index in [0.29, 0.717) is 18.6 Å². The van der Waals surface area contributed by atoms with Crippen LogP contribution in [0.3, 0.4) is 0 Å². The Morgan fingerprint density at radius 3 is 2.83 bits per heavy atom. The lowest BCUT2D eigenvalue weighted by Crippen LogP contribution is -2.13. The minimum absolute atomic E-state index is 0.269. The zero-order valence-electron chi connectivity index (χ0n) is 11.4. The molecule has 2 rings (SSSR count). The second-order valence-electron chi connectivity index (χ2n) is 5.62. The molecule has 0 saturated heterocycles. The Labute approximate surface area is 109 Å². The van der Waals surface area contributed by atoms with Crippen LogP contribution in [0.25, 0.3) is 0 Å². The minimum Gasteiger partial charge on any atom is -0.299 e. The first-order chi connectivity index (χ1) is 8.66. The van der Waals surface area contributed by atoms with Gasteiger partial charge in [-0.25, -0.2) is 9.67 Å². The number of ketones is 1. The van der Waals surface area contributed by atoms with Crippen molar-refractivity contribution in [3.63, 3.8) is 0 Å². The monoisotopic (exact) mass is 249 g/mol. The van der Waals surface area contributed by atoms with E-state index >= 15 is 0 Å². The number of carbonyl (C=O) groups is 1. The summed E-state index contributed by atoms with van der Waals surface area (Å²) < 4.78 is 1.84. The fourth-order valence-electron chi connectivity index (χ4n) is 2.76. The molecule has 1 aliphatic carbocycles. The Kier molecular flexibility index (Phi) is 4.50. The highest BCUT2D eigenvalue weighted by Crippen LogP contribution is 2.28. The Bertz CT molecular complexity index is 391. The van der Waals surface area contributed by atoms with E-state index in [-0.39, 0.29) is 6.04 Å². The second kappa shape index (κ2) is 6.12. The first kappa shape index (κ1) is 13.2. The van der Waals surface area contributed by atoms with Crippen LogP contribution in [0.15, 0.2) is 6.33 Å². The van der Waals surface area contributed by atoms with Gasteiger partial charge in [0.15, 0.2) is 0 Å². The Hall–Kier alpha value is -1.19. The lowest BCUT2D eigenvalue weighted by Gasteiger charge is -2.10. The molecule has 0 aromatic carbocycles. The van der Waals surface area contributed by atoms with Crippen molar-refractivity contribution in [3.05, 3.63) is 12.2 Å². The van der Waals surface area contributed by atoms with Crippen molar-refractivity contribution in [1.82, 2.24) is 14.8 Å². The molecular formula is C14H23N3O. The smallest absolute Gasteiger partial charge is 0.140 e. The van der Waals surface area contributed by atoms with Crippen LogP contribution >= 0.6 is 0 Å². The summed E-state index contributed by atoms with van der Waals surface area (Å²) in [4.78, 5) is 16.1. The second-order valence-corrected chi connectivity index (χ2v) is 5.62. The Morgan fingerprint density at radius 2 is 2.17 bits per heavy atom. The third-order valence-corrected chi connectivity index (χ3v) is 3.80. The first-order valence-electron chi connectivity index (χ1n) is 7.07. The van der Waals surface area contributed by atoms with E-state index < -0.39 is 0 Å². The van der Waals surface area contributed by atoms with E-state index in [9.17, 15) is 4.79 Å². The molecule has 1 fully saturated rings. The van der Waals surface area contributed by atoms with Crippen molar-refractivity contribution in [2.75, 3.05) is 0 Å². The number of aromatic nitrogens is 3. The van der Waals surface area contributed by atoms with Gasteiger partial charge >= 0.3 is 0 Å². The van der Waals surface area contributed by atoms with Crippen LogP contribution in [-0.2, 0) is 11.2 Å². The number of nitrogens with zero attached hydrogens (tertiary/aromatic N) is 3. The zero-order valence-corrected chi connectivity index (χ0v) is 11.4. The maximum Gasteiger partial charge on any atom is 0.140 e. The van der Waals surface area contributed by atoms with Gasteiger partial charge in [-0.1, -0.05) is 25.7 Å². The highest BCUT2D eigenvalue weighted by Gasteiger charge is 2.17. The molecule has 1 aliphatic rings. The molecule has 0 aliphatic heterocycles. The van der Waals surface area contributed by atoms with E-state index in [0.717, 1.165) is 18.2 Å². The molecule has 0 bridgehead atoms. The maximum atomic E-state index is 12.0. The normalized spacial score (nSPS) is 16.6. The molecule has 1 aromatic rings. The van der Waals surface area contributed by atoms with Gasteiger partial charge in [0.25, 0.3) is 0 Å². The molecule has 1 aromatic heterocycles. The van der Waals surface area contributed by atoms with Gasteiger partial charge in [-0.3, -0.25) is 4.79 Å².